The van der Waals surface area contributed by atoms with E-state index in [1.165, 1.54) is 11.1 Å². The molecule has 1 saturated heterocycles. The molecule has 1 saturated carbocycles. The van der Waals surface area contributed by atoms with Crippen molar-refractivity contribution in [1.29, 1.82) is 0 Å². The molecule has 1 amide bonds. The molecule has 0 spiro atoms. The molecule has 1 N–H and O–H groups in total. The molecule has 7 heteroatoms. The smallest absolute Gasteiger partial charge is 0.236 e. The number of hydrogen-bond donors (Lipinski definition) is 1. The Bertz CT molecular complexity index is 972. The molecule has 178 valence electrons. The lowest BCUT2D eigenvalue weighted by Crippen LogP contribution is -2.44. The molecule has 0 aromatic rings. The van der Waals surface area contributed by atoms with Gasteiger partial charge in [-0.2, -0.15) is 0 Å². The summed E-state index contributed by atoms with van der Waals surface area (Å²) in [5.41, 5.74) is 4.74. The van der Waals surface area contributed by atoms with E-state index in [1.54, 1.807) is 13.3 Å². The standard InChI is InChI=1S/C26H36N4O3/c1-17(31)13-18-5-6-19-14-22-25(24(18)19)26(28-16-27-22)33-21-9-7-20(8-10-21)29(2)15-23(32)30-11-3-4-12-30/h14,16,18,20-21H,3-13,15H2,1-2H3,(H,27,28)/t18-,20?,21?/m1/s1. The first-order valence-corrected chi connectivity index (χ1v) is 12.6. The summed E-state index contributed by atoms with van der Waals surface area (Å²) >= 11 is 0. The average Bonchev–Trinajstić information content (AvgIpc) is 3.52. The molecule has 0 aromatic heterocycles. The Hall–Kier alpha value is -2.41. The van der Waals surface area contributed by atoms with E-state index in [2.05, 4.69) is 28.0 Å². The Labute approximate surface area is 196 Å². The van der Waals surface area contributed by atoms with Crippen molar-refractivity contribution in [3.8, 4) is 17.1 Å². The number of amides is 1. The van der Waals surface area contributed by atoms with E-state index in [4.69, 9.17) is 4.74 Å². The second-order valence-electron chi connectivity index (χ2n) is 10.3. The Balaban J connectivity index is 1.22. The summed E-state index contributed by atoms with van der Waals surface area (Å²) in [5, 5.41) is 0. The SMILES string of the molecule is CC(=O)C[C@H]1CCc2cc3[nH]cnc(OC4CCC(N(C)CC(=O)N5CCCC5)CC4)c-3c21. The van der Waals surface area contributed by atoms with E-state index in [1.807, 2.05) is 4.90 Å². The van der Waals surface area contributed by atoms with Gasteiger partial charge in [0.05, 0.1) is 24.1 Å². The lowest BCUT2D eigenvalue weighted by atomic mass is 9.91. The highest BCUT2D eigenvalue weighted by Gasteiger charge is 2.34. The third-order valence-corrected chi connectivity index (χ3v) is 7.91. The highest BCUT2D eigenvalue weighted by atomic mass is 16.5. The largest absolute Gasteiger partial charge is 0.474 e. The van der Waals surface area contributed by atoms with Crippen LogP contribution in [0.2, 0.25) is 0 Å². The zero-order chi connectivity index (χ0) is 22.9. The number of fused-ring (bicyclic) bond motifs is 3. The molecule has 7 nitrogen and oxygen atoms in total. The Morgan fingerprint density at radius 3 is 2.67 bits per heavy atom. The van der Waals surface area contributed by atoms with Crippen molar-refractivity contribution >= 4 is 11.7 Å². The average molecular weight is 453 g/mol. The minimum atomic E-state index is 0.139. The van der Waals surface area contributed by atoms with Gasteiger partial charge in [-0.3, -0.25) is 9.69 Å². The van der Waals surface area contributed by atoms with Crippen LogP contribution in [0.4, 0.5) is 0 Å². The summed E-state index contributed by atoms with van der Waals surface area (Å²) in [7, 11) is 2.08. The molecule has 0 bridgehead atoms. The molecule has 2 aliphatic heterocycles. The van der Waals surface area contributed by atoms with Crippen LogP contribution in [0, 0.1) is 0 Å². The summed E-state index contributed by atoms with van der Waals surface area (Å²) in [4.78, 5) is 36.4. The quantitative estimate of drug-likeness (QED) is 0.692. The van der Waals surface area contributed by atoms with Crippen molar-refractivity contribution in [1.82, 2.24) is 19.8 Å². The van der Waals surface area contributed by atoms with Gasteiger partial charge in [0.1, 0.15) is 11.9 Å². The van der Waals surface area contributed by atoms with Gasteiger partial charge >= 0.3 is 0 Å². The van der Waals surface area contributed by atoms with Crippen molar-refractivity contribution in [3.63, 3.8) is 0 Å². The summed E-state index contributed by atoms with van der Waals surface area (Å²) < 4.78 is 6.49. The number of carbonyl (C=O) groups excluding carboxylic acids is 2. The molecule has 1 atom stereocenters. The lowest BCUT2D eigenvalue weighted by Gasteiger charge is -2.35. The normalized spacial score (nSPS) is 25.1. The van der Waals surface area contributed by atoms with E-state index in [9.17, 15) is 9.59 Å². The number of hydrogen-bond acceptors (Lipinski definition) is 5. The first-order valence-electron chi connectivity index (χ1n) is 12.6. The first-order chi connectivity index (χ1) is 16.0. The van der Waals surface area contributed by atoms with Gasteiger partial charge in [-0.1, -0.05) is 0 Å². The van der Waals surface area contributed by atoms with Gasteiger partial charge in [0, 0.05) is 25.6 Å². The van der Waals surface area contributed by atoms with E-state index in [-0.39, 0.29) is 23.7 Å². The number of H-pyrrole nitrogens is 1. The molecule has 3 aliphatic carbocycles. The number of nitrogens with one attached hydrogen (secondary N) is 1. The minimum absolute atomic E-state index is 0.139. The number of aryl methyl sites for hydroxylation is 1. The maximum Gasteiger partial charge on any atom is 0.236 e. The second kappa shape index (κ2) is 9.45. The van der Waals surface area contributed by atoms with Gasteiger partial charge in [0.15, 0.2) is 0 Å². The summed E-state index contributed by atoms with van der Waals surface area (Å²) in [6, 6.07) is 2.64. The van der Waals surface area contributed by atoms with Gasteiger partial charge in [-0.15, -0.1) is 0 Å². The Morgan fingerprint density at radius 1 is 1.18 bits per heavy atom. The van der Waals surface area contributed by atoms with Crippen molar-refractivity contribution in [3.05, 3.63) is 23.5 Å². The highest BCUT2D eigenvalue weighted by molar-refractivity contribution is 5.81. The Morgan fingerprint density at radius 2 is 1.94 bits per heavy atom. The maximum absolute atomic E-state index is 12.5. The van der Waals surface area contributed by atoms with Crippen molar-refractivity contribution in [2.45, 2.75) is 82.8 Å². The molecule has 5 aliphatic rings. The Kier molecular flexibility index (Phi) is 6.41. The van der Waals surface area contributed by atoms with E-state index in [0.29, 0.717) is 24.9 Å². The molecule has 2 fully saturated rings. The van der Waals surface area contributed by atoms with Crippen molar-refractivity contribution in [2.24, 2.45) is 0 Å². The molecule has 5 rings (SSSR count). The number of aromatic amines is 1. The predicted molar refractivity (Wildman–Crippen MR) is 127 cm³/mol. The zero-order valence-corrected chi connectivity index (χ0v) is 19.9. The number of likely N-dealkylation sites (N-methyl/N-ethyl adjacent to an activating group) is 1. The van der Waals surface area contributed by atoms with Crippen LogP contribution in [-0.4, -0.2) is 70.3 Å². The van der Waals surface area contributed by atoms with Gasteiger partial charge in [-0.25, -0.2) is 4.98 Å². The van der Waals surface area contributed by atoms with Crippen molar-refractivity contribution < 1.29 is 14.3 Å². The number of Topliss-reactive ketones (excluding diaryl/α,β-unsaturated/α-hetero) is 1. The number of nitrogens with zero attached hydrogens (tertiary/aromatic N) is 3. The van der Waals surface area contributed by atoms with Crippen molar-refractivity contribution in [2.75, 3.05) is 26.7 Å². The van der Waals surface area contributed by atoms with Gasteiger partial charge < -0.3 is 19.4 Å². The first kappa shape index (κ1) is 22.4. The van der Waals surface area contributed by atoms with E-state index < -0.39 is 0 Å². The number of rotatable bonds is 7. The summed E-state index contributed by atoms with van der Waals surface area (Å²) in [5.74, 6) is 1.49. The second-order valence-corrected chi connectivity index (χ2v) is 10.3. The summed E-state index contributed by atoms with van der Waals surface area (Å²) in [6.45, 7) is 4.03. The maximum atomic E-state index is 12.5. The molecular formula is C26H36N4O3. The van der Waals surface area contributed by atoms with Gasteiger partial charge in [0.25, 0.3) is 0 Å². The fourth-order valence-electron chi connectivity index (χ4n) is 6.16. The molecule has 0 unspecified atom stereocenters. The van der Waals surface area contributed by atoms with Crippen LogP contribution in [0.25, 0.3) is 11.3 Å². The minimum Gasteiger partial charge on any atom is -0.474 e. The summed E-state index contributed by atoms with van der Waals surface area (Å²) in [6.07, 6.45) is 10.8. The topological polar surface area (TPSA) is 78.5 Å². The van der Waals surface area contributed by atoms with E-state index >= 15 is 0 Å². The lowest BCUT2D eigenvalue weighted by molar-refractivity contribution is -0.131. The number of carbonyl (C=O) groups is 2. The van der Waals surface area contributed by atoms with Crippen LogP contribution >= 0.6 is 0 Å². The van der Waals surface area contributed by atoms with Crippen LogP contribution in [-0.2, 0) is 16.0 Å². The number of aromatic nitrogens is 2. The zero-order valence-electron chi connectivity index (χ0n) is 19.9. The highest BCUT2D eigenvalue weighted by Crippen LogP contribution is 2.48. The molecule has 33 heavy (non-hydrogen) atoms. The van der Waals surface area contributed by atoms with Gasteiger partial charge in [0.2, 0.25) is 11.8 Å². The van der Waals surface area contributed by atoms with Crippen LogP contribution in [0.1, 0.15) is 75.3 Å². The fourth-order valence-corrected chi connectivity index (χ4v) is 6.16. The number of ether oxygens (including phenoxy) is 1. The van der Waals surface area contributed by atoms with E-state index in [0.717, 1.165) is 75.7 Å². The third kappa shape index (κ3) is 4.65. The molecule has 0 aromatic carbocycles. The fraction of sp³-hybridized carbons (Fsp3) is 0.654. The van der Waals surface area contributed by atoms with Crippen LogP contribution in [0.5, 0.6) is 5.88 Å². The monoisotopic (exact) mass is 452 g/mol. The number of ketones is 1. The van der Waals surface area contributed by atoms with Gasteiger partial charge in [-0.05, 0) is 88.4 Å². The predicted octanol–water partition coefficient (Wildman–Crippen LogP) is 3.77. The molecule has 2 heterocycles. The molecule has 0 radical (unpaired) electrons. The van der Waals surface area contributed by atoms with Crippen LogP contribution in [0.15, 0.2) is 12.4 Å². The number of likely N-dealkylation sites (tertiary alicyclic amines) is 1. The third-order valence-electron chi connectivity index (χ3n) is 7.91. The van der Waals surface area contributed by atoms with Crippen LogP contribution in [0.3, 0.4) is 0 Å². The molecular weight excluding hydrogens is 416 g/mol. The van der Waals surface area contributed by atoms with Crippen LogP contribution < -0.4 is 4.74 Å².